The molecule has 1 aliphatic heterocycles. The summed E-state index contributed by atoms with van der Waals surface area (Å²) in [5, 5.41) is 3.49. The summed E-state index contributed by atoms with van der Waals surface area (Å²) >= 11 is 0. The van der Waals surface area contributed by atoms with Crippen molar-refractivity contribution in [2.75, 3.05) is 6.54 Å². The van der Waals surface area contributed by atoms with Gasteiger partial charge in [-0.1, -0.05) is 0 Å². The van der Waals surface area contributed by atoms with Crippen molar-refractivity contribution in [3.63, 3.8) is 0 Å². The van der Waals surface area contributed by atoms with Crippen LogP contribution in [-0.4, -0.2) is 24.3 Å². The van der Waals surface area contributed by atoms with E-state index in [0.717, 1.165) is 12.0 Å². The number of rotatable bonds is 1. The van der Waals surface area contributed by atoms with Gasteiger partial charge in [0.25, 0.3) is 0 Å². The summed E-state index contributed by atoms with van der Waals surface area (Å²) in [4.78, 5) is 0. The first-order valence-electron chi connectivity index (χ1n) is 4.97. The molecule has 0 aromatic heterocycles. The van der Waals surface area contributed by atoms with Gasteiger partial charge in [0.15, 0.2) is 0 Å². The van der Waals surface area contributed by atoms with Crippen molar-refractivity contribution in [3.8, 4) is 0 Å². The van der Waals surface area contributed by atoms with E-state index in [1.54, 1.807) is 0 Å². The van der Waals surface area contributed by atoms with E-state index in [9.17, 15) is 0 Å². The molecule has 0 spiro atoms. The van der Waals surface area contributed by atoms with Gasteiger partial charge in [0.05, 0.1) is 11.7 Å². The van der Waals surface area contributed by atoms with Crippen LogP contribution in [0, 0.1) is 5.92 Å². The van der Waals surface area contributed by atoms with Gasteiger partial charge in [-0.3, -0.25) is 0 Å². The van der Waals surface area contributed by atoms with Crippen LogP contribution in [0.25, 0.3) is 0 Å². The molecule has 3 atom stereocenters. The van der Waals surface area contributed by atoms with Crippen LogP contribution in [-0.2, 0) is 4.74 Å². The fourth-order valence-electron chi connectivity index (χ4n) is 2.31. The standard InChI is InChI=1S/C10H19NO/c1-10(2,3)12-9-6-8-7(9)4-5-11-8/h7-9,11H,4-6H2,1-3H3/t7-,8-,9-/m0/s1. The van der Waals surface area contributed by atoms with Crippen LogP contribution in [0.5, 0.6) is 0 Å². The highest BCUT2D eigenvalue weighted by atomic mass is 16.5. The predicted molar refractivity (Wildman–Crippen MR) is 49.1 cm³/mol. The number of fused-ring (bicyclic) bond motifs is 1. The number of hydrogen-bond acceptors (Lipinski definition) is 2. The molecule has 2 rings (SSSR count). The lowest BCUT2D eigenvalue weighted by molar-refractivity contribution is -0.128. The Bertz CT molecular complexity index is 173. The smallest absolute Gasteiger partial charge is 0.0640 e. The molecular formula is C10H19NO. The molecule has 0 aromatic rings. The molecule has 2 fully saturated rings. The van der Waals surface area contributed by atoms with Gasteiger partial charge >= 0.3 is 0 Å². The van der Waals surface area contributed by atoms with E-state index in [2.05, 4.69) is 26.1 Å². The monoisotopic (exact) mass is 169 g/mol. The number of hydrogen-bond donors (Lipinski definition) is 1. The van der Waals surface area contributed by atoms with Crippen molar-refractivity contribution in [2.45, 2.75) is 51.4 Å². The second kappa shape index (κ2) is 2.71. The summed E-state index contributed by atoms with van der Waals surface area (Å²) < 4.78 is 5.95. The summed E-state index contributed by atoms with van der Waals surface area (Å²) in [7, 11) is 0. The van der Waals surface area contributed by atoms with Crippen molar-refractivity contribution in [2.24, 2.45) is 5.92 Å². The first-order valence-corrected chi connectivity index (χ1v) is 4.97. The second-order valence-corrected chi connectivity index (χ2v) is 5.02. The highest BCUT2D eigenvalue weighted by molar-refractivity contribution is 5.00. The highest BCUT2D eigenvalue weighted by Gasteiger charge is 2.45. The van der Waals surface area contributed by atoms with Crippen LogP contribution in [0.1, 0.15) is 33.6 Å². The van der Waals surface area contributed by atoms with E-state index in [-0.39, 0.29) is 5.60 Å². The SMILES string of the molecule is CC(C)(C)O[C@H]1C[C@@H]2NCC[C@@H]21. The fraction of sp³-hybridized carbons (Fsp3) is 1.00. The topological polar surface area (TPSA) is 21.3 Å². The van der Waals surface area contributed by atoms with Gasteiger partial charge in [-0.2, -0.15) is 0 Å². The minimum atomic E-state index is 0.0399. The Morgan fingerprint density at radius 2 is 2.08 bits per heavy atom. The van der Waals surface area contributed by atoms with E-state index >= 15 is 0 Å². The third-order valence-electron chi connectivity index (χ3n) is 2.87. The van der Waals surface area contributed by atoms with E-state index in [1.807, 2.05) is 0 Å². The lowest BCUT2D eigenvalue weighted by Gasteiger charge is -2.43. The lowest BCUT2D eigenvalue weighted by atomic mass is 9.77. The minimum Gasteiger partial charge on any atom is -0.372 e. The van der Waals surface area contributed by atoms with Gasteiger partial charge < -0.3 is 10.1 Å². The normalized spacial score (nSPS) is 40.8. The highest BCUT2D eigenvalue weighted by Crippen LogP contribution is 2.38. The van der Waals surface area contributed by atoms with Crippen LogP contribution < -0.4 is 5.32 Å². The van der Waals surface area contributed by atoms with E-state index in [1.165, 1.54) is 19.4 Å². The maximum absolute atomic E-state index is 5.95. The summed E-state index contributed by atoms with van der Waals surface area (Å²) in [5.74, 6) is 0.809. The van der Waals surface area contributed by atoms with Crippen molar-refractivity contribution < 1.29 is 4.74 Å². The van der Waals surface area contributed by atoms with Crippen LogP contribution in [0.3, 0.4) is 0 Å². The van der Waals surface area contributed by atoms with Crippen molar-refractivity contribution in [1.29, 1.82) is 0 Å². The molecule has 2 nitrogen and oxygen atoms in total. The third kappa shape index (κ3) is 1.50. The molecule has 0 amide bonds. The largest absolute Gasteiger partial charge is 0.372 e. The molecular weight excluding hydrogens is 150 g/mol. The zero-order valence-electron chi connectivity index (χ0n) is 8.26. The molecule has 0 aromatic carbocycles. The third-order valence-corrected chi connectivity index (χ3v) is 2.87. The summed E-state index contributed by atoms with van der Waals surface area (Å²) in [6.07, 6.45) is 3.07. The molecule has 1 saturated heterocycles. The Hall–Kier alpha value is -0.0800. The molecule has 12 heavy (non-hydrogen) atoms. The Kier molecular flexibility index (Phi) is 1.92. The van der Waals surface area contributed by atoms with Gasteiger partial charge in [-0.25, -0.2) is 0 Å². The van der Waals surface area contributed by atoms with Gasteiger partial charge in [0.2, 0.25) is 0 Å². The zero-order valence-corrected chi connectivity index (χ0v) is 8.26. The molecule has 2 aliphatic rings. The van der Waals surface area contributed by atoms with Gasteiger partial charge in [0.1, 0.15) is 0 Å². The average Bonchev–Trinajstić information content (AvgIpc) is 2.24. The summed E-state index contributed by atoms with van der Waals surface area (Å²) in [6, 6.07) is 0.775. The molecule has 0 bridgehead atoms. The van der Waals surface area contributed by atoms with Crippen LogP contribution in [0.15, 0.2) is 0 Å². The minimum absolute atomic E-state index is 0.0399. The lowest BCUT2D eigenvalue weighted by Crippen LogP contribution is -2.51. The quantitative estimate of drug-likeness (QED) is 0.643. The summed E-state index contributed by atoms with van der Waals surface area (Å²) in [5.41, 5.74) is 0.0399. The maximum Gasteiger partial charge on any atom is 0.0640 e. The van der Waals surface area contributed by atoms with Crippen LogP contribution in [0.2, 0.25) is 0 Å². The average molecular weight is 169 g/mol. The summed E-state index contributed by atoms with van der Waals surface area (Å²) in [6.45, 7) is 7.62. The number of ether oxygens (including phenoxy) is 1. The Morgan fingerprint density at radius 3 is 2.67 bits per heavy atom. The zero-order chi connectivity index (χ0) is 8.77. The molecule has 2 heteroatoms. The molecule has 70 valence electrons. The first-order chi connectivity index (χ1) is 5.56. The fourth-order valence-corrected chi connectivity index (χ4v) is 2.31. The van der Waals surface area contributed by atoms with E-state index in [4.69, 9.17) is 4.74 Å². The van der Waals surface area contributed by atoms with Crippen LogP contribution in [0.4, 0.5) is 0 Å². The van der Waals surface area contributed by atoms with E-state index in [0.29, 0.717) is 6.10 Å². The molecule has 1 saturated carbocycles. The number of nitrogens with one attached hydrogen (secondary N) is 1. The molecule has 1 heterocycles. The van der Waals surface area contributed by atoms with Crippen molar-refractivity contribution >= 4 is 0 Å². The van der Waals surface area contributed by atoms with Gasteiger partial charge in [-0.05, 0) is 40.2 Å². The molecule has 1 N–H and O–H groups in total. The molecule has 0 radical (unpaired) electrons. The first kappa shape index (κ1) is 8.52. The molecule has 1 aliphatic carbocycles. The molecule has 0 unspecified atom stereocenters. The van der Waals surface area contributed by atoms with Gasteiger partial charge in [0, 0.05) is 12.0 Å². The Labute approximate surface area is 74.7 Å². The van der Waals surface area contributed by atoms with Gasteiger partial charge in [-0.15, -0.1) is 0 Å². The maximum atomic E-state index is 5.95. The second-order valence-electron chi connectivity index (χ2n) is 5.02. The van der Waals surface area contributed by atoms with Crippen molar-refractivity contribution in [1.82, 2.24) is 5.32 Å². The van der Waals surface area contributed by atoms with Crippen LogP contribution >= 0.6 is 0 Å². The van der Waals surface area contributed by atoms with E-state index < -0.39 is 0 Å². The predicted octanol–water partition coefficient (Wildman–Crippen LogP) is 1.55. The Morgan fingerprint density at radius 1 is 1.33 bits per heavy atom. The Balaban J connectivity index is 1.85. The van der Waals surface area contributed by atoms with Crippen molar-refractivity contribution in [3.05, 3.63) is 0 Å².